The molecule has 0 rings (SSSR count). The molecule has 0 saturated carbocycles. The van der Waals surface area contributed by atoms with Crippen LogP contribution < -0.4 is 4.89 Å². The van der Waals surface area contributed by atoms with Crippen molar-refractivity contribution in [3.8, 4) is 0 Å². The molecule has 0 aliphatic carbocycles. The number of hydrogen-bond donors (Lipinski definition) is 0. The minimum Gasteiger partial charge on any atom is -0.776 e. The standard InChI is InChI=1S/C17H38O3P2/c1-5-7-8-9-10-11-12-13-14-15-17-21(3,4)20-22(18,19)16-6-2/h5-17H2,1-4H3. The average molecular weight is 352 g/mol. The Morgan fingerprint density at radius 3 is 1.73 bits per heavy atom. The highest BCUT2D eigenvalue weighted by atomic mass is 31.3. The molecule has 22 heavy (non-hydrogen) atoms. The molecule has 1 atom stereocenters. The van der Waals surface area contributed by atoms with Gasteiger partial charge < -0.3 is 9.46 Å². The van der Waals surface area contributed by atoms with Crippen LogP contribution in [0.2, 0.25) is 0 Å². The lowest BCUT2D eigenvalue weighted by Gasteiger charge is -2.27. The Labute approximate surface area is 139 Å². The van der Waals surface area contributed by atoms with Crippen molar-refractivity contribution in [3.63, 3.8) is 0 Å². The summed E-state index contributed by atoms with van der Waals surface area (Å²) >= 11 is 0. The number of hydrogen-bond acceptors (Lipinski definition) is 3. The van der Waals surface area contributed by atoms with E-state index in [9.17, 15) is 9.46 Å². The van der Waals surface area contributed by atoms with E-state index in [0.717, 1.165) is 12.6 Å². The van der Waals surface area contributed by atoms with Crippen LogP contribution in [-0.4, -0.2) is 25.7 Å². The fraction of sp³-hybridized carbons (Fsp3) is 1.00. The molecule has 0 bridgehead atoms. The lowest BCUT2D eigenvalue weighted by atomic mass is 10.1. The third kappa shape index (κ3) is 14.2. The minimum absolute atomic E-state index is 0.175. The van der Waals surface area contributed by atoms with Gasteiger partial charge in [0.05, 0.1) is 19.5 Å². The molecule has 0 aromatic heterocycles. The summed E-state index contributed by atoms with van der Waals surface area (Å²) in [6, 6.07) is 0. The first-order chi connectivity index (χ1) is 10.3. The molecule has 3 nitrogen and oxygen atoms in total. The minimum atomic E-state index is -3.59. The van der Waals surface area contributed by atoms with Crippen molar-refractivity contribution in [2.24, 2.45) is 0 Å². The fourth-order valence-corrected chi connectivity index (χ4v) is 7.55. The van der Waals surface area contributed by atoms with Crippen LogP contribution in [0.15, 0.2) is 0 Å². The largest absolute Gasteiger partial charge is 0.776 e. The van der Waals surface area contributed by atoms with Crippen LogP contribution in [-0.2, 0) is 8.88 Å². The van der Waals surface area contributed by atoms with Gasteiger partial charge in [0.25, 0.3) is 0 Å². The zero-order valence-electron chi connectivity index (χ0n) is 15.3. The maximum atomic E-state index is 11.8. The Balaban J connectivity index is 3.59. The van der Waals surface area contributed by atoms with E-state index in [4.69, 9.17) is 4.31 Å². The van der Waals surface area contributed by atoms with Gasteiger partial charge in [-0.05, 0) is 19.3 Å². The molecule has 0 heterocycles. The molecular formula is C17H38O3P2. The van der Waals surface area contributed by atoms with Crippen LogP contribution in [0.5, 0.6) is 0 Å². The number of rotatable bonds is 15. The molecule has 0 aromatic carbocycles. The van der Waals surface area contributed by atoms with E-state index in [1.807, 2.05) is 20.3 Å². The topological polar surface area (TPSA) is 49.4 Å². The first kappa shape index (κ1) is 22.6. The maximum Gasteiger partial charge on any atom is 0.181 e. The molecule has 134 valence electrons. The third-order valence-electron chi connectivity index (χ3n) is 3.89. The first-order valence-corrected chi connectivity index (χ1v) is 13.7. The summed E-state index contributed by atoms with van der Waals surface area (Å²) in [7, 11) is -5.34. The van der Waals surface area contributed by atoms with E-state index in [1.54, 1.807) is 0 Å². The van der Waals surface area contributed by atoms with Gasteiger partial charge in [-0.15, -0.1) is 0 Å². The Bertz CT molecular complexity index is 306. The third-order valence-corrected chi connectivity index (χ3v) is 9.04. The van der Waals surface area contributed by atoms with Gasteiger partial charge in [0.1, 0.15) is 7.49 Å². The van der Waals surface area contributed by atoms with E-state index < -0.39 is 15.1 Å². The lowest BCUT2D eigenvalue weighted by Crippen LogP contribution is -2.10. The van der Waals surface area contributed by atoms with Crippen molar-refractivity contribution >= 4 is 15.1 Å². The molecule has 1 unspecified atom stereocenters. The van der Waals surface area contributed by atoms with E-state index in [2.05, 4.69) is 6.92 Å². The molecular weight excluding hydrogens is 314 g/mol. The maximum absolute atomic E-state index is 11.8. The molecule has 0 aliphatic rings. The Morgan fingerprint density at radius 1 is 0.818 bits per heavy atom. The number of unbranched alkanes of at least 4 members (excludes halogenated alkanes) is 9. The van der Waals surface area contributed by atoms with Crippen LogP contribution in [0.25, 0.3) is 0 Å². The van der Waals surface area contributed by atoms with Crippen LogP contribution in [0.4, 0.5) is 0 Å². The highest BCUT2D eigenvalue weighted by molar-refractivity contribution is 7.76. The summed E-state index contributed by atoms with van der Waals surface area (Å²) in [6.45, 7) is 8.13. The van der Waals surface area contributed by atoms with Gasteiger partial charge in [0, 0.05) is 6.16 Å². The van der Waals surface area contributed by atoms with Crippen LogP contribution in [0.3, 0.4) is 0 Å². The smallest absolute Gasteiger partial charge is 0.181 e. The van der Waals surface area contributed by atoms with Gasteiger partial charge in [-0.1, -0.05) is 65.2 Å². The second-order valence-electron chi connectivity index (χ2n) is 6.90. The van der Waals surface area contributed by atoms with Gasteiger partial charge >= 0.3 is 0 Å². The van der Waals surface area contributed by atoms with E-state index in [-0.39, 0.29) is 6.16 Å². The van der Waals surface area contributed by atoms with Gasteiger partial charge in [0.15, 0.2) is 7.60 Å². The van der Waals surface area contributed by atoms with Crippen LogP contribution in [0, 0.1) is 0 Å². The van der Waals surface area contributed by atoms with E-state index in [0.29, 0.717) is 6.42 Å². The SMILES string of the molecule is CCCCCCCCCCCC[P+](C)(C)OP(=O)([O-])CCC. The zero-order valence-corrected chi connectivity index (χ0v) is 17.1. The van der Waals surface area contributed by atoms with Gasteiger partial charge in [-0.25, -0.2) is 0 Å². The molecule has 0 spiro atoms. The Morgan fingerprint density at radius 2 is 1.27 bits per heavy atom. The van der Waals surface area contributed by atoms with Crippen LogP contribution >= 0.6 is 15.1 Å². The van der Waals surface area contributed by atoms with Crippen molar-refractivity contribution in [2.45, 2.75) is 84.5 Å². The van der Waals surface area contributed by atoms with Crippen molar-refractivity contribution < 1.29 is 13.8 Å². The molecule has 0 amide bonds. The summed E-state index contributed by atoms with van der Waals surface area (Å²) in [5.74, 6) is 0. The van der Waals surface area contributed by atoms with Gasteiger partial charge in [-0.3, -0.25) is 0 Å². The van der Waals surface area contributed by atoms with Crippen molar-refractivity contribution in [1.82, 2.24) is 0 Å². The monoisotopic (exact) mass is 352 g/mol. The summed E-state index contributed by atoms with van der Waals surface area (Å²) in [4.78, 5) is 11.8. The van der Waals surface area contributed by atoms with Crippen molar-refractivity contribution in [2.75, 3.05) is 25.7 Å². The molecule has 0 fully saturated rings. The lowest BCUT2D eigenvalue weighted by molar-refractivity contribution is -0.190. The van der Waals surface area contributed by atoms with E-state index >= 15 is 0 Å². The predicted molar refractivity (Wildman–Crippen MR) is 99.3 cm³/mol. The summed E-state index contributed by atoms with van der Waals surface area (Å²) in [6.07, 6.45) is 14.8. The average Bonchev–Trinajstić information content (AvgIpc) is 2.39. The molecule has 0 aliphatic heterocycles. The van der Waals surface area contributed by atoms with Crippen LogP contribution in [0.1, 0.15) is 84.5 Å². The van der Waals surface area contributed by atoms with Crippen molar-refractivity contribution in [3.05, 3.63) is 0 Å². The normalized spacial score (nSPS) is 15.0. The predicted octanol–water partition coefficient (Wildman–Crippen LogP) is 6.08. The van der Waals surface area contributed by atoms with E-state index in [1.165, 1.54) is 57.8 Å². The first-order valence-electron chi connectivity index (χ1n) is 9.17. The highest BCUT2D eigenvalue weighted by Crippen LogP contribution is 2.63. The van der Waals surface area contributed by atoms with Gasteiger partial charge in [0.2, 0.25) is 0 Å². The second-order valence-corrected chi connectivity index (χ2v) is 12.8. The molecule has 0 aromatic rings. The van der Waals surface area contributed by atoms with Crippen molar-refractivity contribution in [1.29, 1.82) is 0 Å². The molecule has 0 radical (unpaired) electrons. The zero-order chi connectivity index (χ0) is 16.9. The highest BCUT2D eigenvalue weighted by Gasteiger charge is 2.31. The van der Waals surface area contributed by atoms with Gasteiger partial charge in [-0.2, -0.15) is 4.31 Å². The Kier molecular flexibility index (Phi) is 13.3. The molecule has 0 saturated heterocycles. The summed E-state index contributed by atoms with van der Waals surface area (Å²) < 4.78 is 17.2. The summed E-state index contributed by atoms with van der Waals surface area (Å²) in [5, 5.41) is 0. The summed E-state index contributed by atoms with van der Waals surface area (Å²) in [5.41, 5.74) is 0. The molecule has 5 heteroatoms. The Hall–Kier alpha value is 0.580. The fourth-order valence-electron chi connectivity index (χ4n) is 2.67. The molecule has 0 N–H and O–H groups in total. The quantitative estimate of drug-likeness (QED) is 0.265. The second kappa shape index (κ2) is 12.9.